The van der Waals surface area contributed by atoms with Crippen molar-refractivity contribution in [3.05, 3.63) is 79.9 Å². The molecule has 28 heavy (non-hydrogen) atoms. The third-order valence-corrected chi connectivity index (χ3v) is 5.43. The molecule has 1 saturated carbocycles. The summed E-state index contributed by atoms with van der Waals surface area (Å²) in [5, 5.41) is 7.71. The number of nitrogens with one attached hydrogen (secondary N) is 1. The maximum atomic E-state index is 12.9. The highest BCUT2D eigenvalue weighted by atomic mass is 79.9. The number of halogens is 2. The summed E-state index contributed by atoms with van der Waals surface area (Å²) in [6, 6.07) is 14.6. The molecule has 8 heteroatoms. The van der Waals surface area contributed by atoms with Crippen molar-refractivity contribution in [3.8, 4) is 5.69 Å². The zero-order valence-electron chi connectivity index (χ0n) is 14.9. The molecule has 1 amide bonds. The lowest BCUT2D eigenvalue weighted by atomic mass is 10.2. The van der Waals surface area contributed by atoms with Gasteiger partial charge >= 0.3 is 5.69 Å². The van der Waals surface area contributed by atoms with E-state index in [1.807, 2.05) is 30.3 Å². The Labute approximate surface area is 175 Å². The molecule has 6 nitrogen and oxygen atoms in total. The van der Waals surface area contributed by atoms with Crippen LogP contribution in [0.25, 0.3) is 5.69 Å². The Morgan fingerprint density at radius 2 is 1.96 bits per heavy atom. The monoisotopic (exact) mass is 460 g/mol. The molecular formula is C20H18BrClN4O2. The molecule has 1 aliphatic carbocycles. The van der Waals surface area contributed by atoms with Crippen LogP contribution >= 0.6 is 27.5 Å². The number of benzene rings is 2. The number of para-hydroxylation sites is 1. The lowest BCUT2D eigenvalue weighted by molar-refractivity contribution is 0.0952. The molecule has 0 atom stereocenters. The van der Waals surface area contributed by atoms with Gasteiger partial charge in [0.15, 0.2) is 0 Å². The molecule has 0 spiro atoms. The minimum Gasteiger partial charge on any atom is -0.350 e. The van der Waals surface area contributed by atoms with Crippen LogP contribution in [-0.4, -0.2) is 26.8 Å². The van der Waals surface area contributed by atoms with Gasteiger partial charge in [0.25, 0.3) is 5.91 Å². The first-order valence-electron chi connectivity index (χ1n) is 9.03. The Bertz CT molecular complexity index is 1070. The molecule has 0 radical (unpaired) electrons. The summed E-state index contributed by atoms with van der Waals surface area (Å²) < 4.78 is 3.86. The lowest BCUT2D eigenvalue weighted by Gasteiger charge is -2.07. The maximum Gasteiger partial charge on any atom is 0.350 e. The quantitative estimate of drug-likeness (QED) is 0.608. The Kier molecular flexibility index (Phi) is 5.37. The van der Waals surface area contributed by atoms with Crippen LogP contribution in [0.3, 0.4) is 0 Å². The molecule has 1 fully saturated rings. The van der Waals surface area contributed by atoms with Crippen molar-refractivity contribution < 1.29 is 4.79 Å². The van der Waals surface area contributed by atoms with Crippen LogP contribution in [0.2, 0.25) is 5.02 Å². The molecule has 1 heterocycles. The molecule has 0 aliphatic heterocycles. The van der Waals surface area contributed by atoms with Crippen LogP contribution in [0.15, 0.2) is 57.8 Å². The molecule has 4 rings (SSSR count). The van der Waals surface area contributed by atoms with Gasteiger partial charge in [0.2, 0.25) is 0 Å². The summed E-state index contributed by atoms with van der Waals surface area (Å²) in [5.74, 6) is 0.825. The van der Waals surface area contributed by atoms with Gasteiger partial charge in [-0.1, -0.05) is 45.7 Å². The number of aromatic nitrogens is 3. The van der Waals surface area contributed by atoms with E-state index < -0.39 is 0 Å². The minimum absolute atomic E-state index is 0.192. The first-order valence-corrected chi connectivity index (χ1v) is 10.2. The highest BCUT2D eigenvalue weighted by Crippen LogP contribution is 2.39. The second-order valence-electron chi connectivity index (χ2n) is 6.69. The lowest BCUT2D eigenvalue weighted by Crippen LogP contribution is -2.32. The van der Waals surface area contributed by atoms with E-state index in [1.165, 1.54) is 4.68 Å². The predicted octanol–water partition coefficient (Wildman–Crippen LogP) is 3.76. The van der Waals surface area contributed by atoms with E-state index in [9.17, 15) is 9.59 Å². The zero-order chi connectivity index (χ0) is 19.7. The molecule has 0 bridgehead atoms. The molecule has 3 aromatic rings. The van der Waals surface area contributed by atoms with Crippen LogP contribution < -0.4 is 11.0 Å². The van der Waals surface area contributed by atoms with Crippen molar-refractivity contribution >= 4 is 33.4 Å². The molecule has 0 unspecified atom stereocenters. The van der Waals surface area contributed by atoms with Crippen LogP contribution in [0.4, 0.5) is 0 Å². The predicted molar refractivity (Wildman–Crippen MR) is 111 cm³/mol. The topological polar surface area (TPSA) is 68.9 Å². The van der Waals surface area contributed by atoms with Crippen molar-refractivity contribution in [3.63, 3.8) is 0 Å². The van der Waals surface area contributed by atoms with Gasteiger partial charge in [-0.3, -0.25) is 4.79 Å². The van der Waals surface area contributed by atoms with Crippen LogP contribution in [0.5, 0.6) is 0 Å². The number of rotatable bonds is 6. The summed E-state index contributed by atoms with van der Waals surface area (Å²) in [6.45, 7) is 0.563. The van der Waals surface area contributed by atoms with E-state index in [-0.39, 0.29) is 24.7 Å². The van der Waals surface area contributed by atoms with E-state index >= 15 is 0 Å². The van der Waals surface area contributed by atoms with E-state index in [2.05, 4.69) is 26.3 Å². The first kappa shape index (κ1) is 19.0. The molecule has 2 aromatic carbocycles. The summed E-state index contributed by atoms with van der Waals surface area (Å²) in [6.07, 6.45) is 2.09. The summed E-state index contributed by atoms with van der Waals surface area (Å²) in [5.41, 5.74) is 1.00. The van der Waals surface area contributed by atoms with Crippen molar-refractivity contribution in [2.45, 2.75) is 25.3 Å². The highest BCUT2D eigenvalue weighted by molar-refractivity contribution is 9.10. The van der Waals surface area contributed by atoms with Gasteiger partial charge in [0.05, 0.1) is 22.8 Å². The van der Waals surface area contributed by atoms with Gasteiger partial charge in [-0.05, 0) is 43.2 Å². The number of hydrogen-bond donors (Lipinski definition) is 1. The van der Waals surface area contributed by atoms with Crippen LogP contribution in [0, 0.1) is 0 Å². The Hall–Kier alpha value is -2.38. The molecule has 0 saturated heterocycles. The van der Waals surface area contributed by atoms with Crippen molar-refractivity contribution in [2.24, 2.45) is 0 Å². The molecule has 144 valence electrons. The molecule has 1 N–H and O–H groups in total. The Balaban J connectivity index is 1.51. The maximum absolute atomic E-state index is 12.9. The number of carbonyl (C=O) groups is 1. The van der Waals surface area contributed by atoms with Gasteiger partial charge in [0.1, 0.15) is 5.82 Å². The van der Waals surface area contributed by atoms with Crippen molar-refractivity contribution in [1.29, 1.82) is 0 Å². The van der Waals surface area contributed by atoms with Gasteiger partial charge in [-0.2, -0.15) is 5.10 Å². The second-order valence-corrected chi connectivity index (χ2v) is 8.01. The fourth-order valence-corrected chi connectivity index (χ4v) is 3.60. The van der Waals surface area contributed by atoms with Gasteiger partial charge < -0.3 is 5.32 Å². The fourth-order valence-electron chi connectivity index (χ4n) is 3.04. The van der Waals surface area contributed by atoms with E-state index in [4.69, 9.17) is 11.6 Å². The summed E-state index contributed by atoms with van der Waals surface area (Å²) in [7, 11) is 0. The molecule has 1 aromatic heterocycles. The van der Waals surface area contributed by atoms with E-state index in [0.717, 1.165) is 28.8 Å². The molecular weight excluding hydrogens is 444 g/mol. The van der Waals surface area contributed by atoms with E-state index in [1.54, 1.807) is 22.8 Å². The van der Waals surface area contributed by atoms with Gasteiger partial charge in [0, 0.05) is 16.9 Å². The third-order valence-electron chi connectivity index (χ3n) is 4.60. The number of hydrogen-bond acceptors (Lipinski definition) is 3. The standard InChI is InChI=1S/C20H18BrClN4O2/c21-14-8-9-17(22)16(12-14)19(27)23-10-11-25-20(28)26(15-4-2-1-3-5-15)18(24-25)13-6-7-13/h1-5,8-9,12-13H,6-7,10-11H2,(H,23,27). The zero-order valence-corrected chi connectivity index (χ0v) is 17.3. The van der Waals surface area contributed by atoms with Crippen LogP contribution in [0.1, 0.15) is 34.9 Å². The average Bonchev–Trinajstić information content (AvgIpc) is 3.49. The number of carbonyl (C=O) groups excluding carboxylic acids is 1. The SMILES string of the molecule is O=C(NCCn1nc(C2CC2)n(-c2ccccc2)c1=O)c1cc(Br)ccc1Cl. The normalized spacial score (nSPS) is 13.5. The largest absolute Gasteiger partial charge is 0.350 e. The molecule has 1 aliphatic rings. The Morgan fingerprint density at radius 1 is 1.21 bits per heavy atom. The highest BCUT2D eigenvalue weighted by Gasteiger charge is 2.31. The van der Waals surface area contributed by atoms with Crippen molar-refractivity contribution in [2.75, 3.05) is 6.54 Å². The Morgan fingerprint density at radius 3 is 2.68 bits per heavy atom. The summed E-state index contributed by atoms with van der Waals surface area (Å²) >= 11 is 9.43. The first-order chi connectivity index (χ1) is 13.5. The van der Waals surface area contributed by atoms with Gasteiger partial charge in [-0.25, -0.2) is 14.0 Å². The number of nitrogens with zero attached hydrogens (tertiary/aromatic N) is 3. The third kappa shape index (κ3) is 3.91. The van der Waals surface area contributed by atoms with Crippen LogP contribution in [-0.2, 0) is 6.54 Å². The van der Waals surface area contributed by atoms with Gasteiger partial charge in [-0.15, -0.1) is 0 Å². The van der Waals surface area contributed by atoms with Crippen molar-refractivity contribution in [1.82, 2.24) is 19.7 Å². The number of amides is 1. The van der Waals surface area contributed by atoms with E-state index in [0.29, 0.717) is 16.5 Å². The second kappa shape index (κ2) is 7.93. The fraction of sp³-hybridized carbons (Fsp3) is 0.250. The minimum atomic E-state index is -0.288. The smallest absolute Gasteiger partial charge is 0.350 e. The summed E-state index contributed by atoms with van der Waals surface area (Å²) in [4.78, 5) is 25.3. The average molecular weight is 462 g/mol.